The third-order valence-corrected chi connectivity index (χ3v) is 4.32. The number of hydrogen-bond acceptors (Lipinski definition) is 2. The Bertz CT molecular complexity index is 496. The fraction of sp³-hybridized carbons (Fsp3) is 0.562. The second kappa shape index (κ2) is 5.24. The smallest absolute Gasteiger partial charge is 0.219 e. The fourth-order valence-corrected chi connectivity index (χ4v) is 3.35. The average molecular weight is 259 g/mol. The first kappa shape index (κ1) is 12.5. The van der Waals surface area contributed by atoms with E-state index in [2.05, 4.69) is 17.4 Å². The first-order chi connectivity index (χ1) is 9.29. The van der Waals surface area contributed by atoms with Crippen LogP contribution in [0.3, 0.4) is 0 Å². The molecule has 0 saturated carbocycles. The minimum Gasteiger partial charge on any atom is -0.493 e. The molecule has 0 saturated heterocycles. The molecular formula is C16H21NO2. The normalized spacial score (nSPS) is 19.7. The molecule has 0 radical (unpaired) electrons. The van der Waals surface area contributed by atoms with Gasteiger partial charge in [0.1, 0.15) is 5.75 Å². The summed E-state index contributed by atoms with van der Waals surface area (Å²) in [5.41, 5.74) is 4.46. The van der Waals surface area contributed by atoms with Gasteiger partial charge in [0.25, 0.3) is 0 Å². The second-order valence-electron chi connectivity index (χ2n) is 5.44. The Kier molecular flexibility index (Phi) is 3.45. The maximum atomic E-state index is 11.3. The summed E-state index contributed by atoms with van der Waals surface area (Å²) in [6.07, 6.45) is 5.07. The zero-order valence-electron chi connectivity index (χ0n) is 11.5. The predicted octanol–water partition coefficient (Wildman–Crippen LogP) is 2.57. The number of carbonyl (C=O) groups excluding carboxylic acids is 1. The van der Waals surface area contributed by atoms with Crippen LogP contribution in [-0.4, -0.2) is 19.1 Å². The van der Waals surface area contributed by atoms with Crippen molar-refractivity contribution in [1.29, 1.82) is 0 Å². The molecule has 0 fully saturated rings. The van der Waals surface area contributed by atoms with Gasteiger partial charge in [-0.25, -0.2) is 0 Å². The molecule has 1 N–H and O–H groups in total. The van der Waals surface area contributed by atoms with E-state index in [1.807, 2.05) is 6.92 Å². The van der Waals surface area contributed by atoms with E-state index in [1.54, 1.807) is 0 Å². The number of fused-ring (bicyclic) bond motifs is 3. The molecule has 3 heteroatoms. The van der Waals surface area contributed by atoms with Crippen molar-refractivity contribution in [2.24, 2.45) is 0 Å². The molecule has 0 spiro atoms. The highest BCUT2D eigenvalue weighted by atomic mass is 16.5. The molecule has 3 rings (SSSR count). The highest BCUT2D eigenvalue weighted by molar-refractivity contribution is 5.75. The molecule has 102 valence electrons. The zero-order chi connectivity index (χ0) is 13.2. The highest BCUT2D eigenvalue weighted by Gasteiger charge is 2.29. The summed E-state index contributed by atoms with van der Waals surface area (Å²) in [6, 6.07) is 4.35. The van der Waals surface area contributed by atoms with Crippen LogP contribution in [0.4, 0.5) is 0 Å². The van der Waals surface area contributed by atoms with E-state index in [9.17, 15) is 4.79 Å². The van der Waals surface area contributed by atoms with Crippen LogP contribution in [-0.2, 0) is 17.6 Å². The standard InChI is InChI=1S/C16H21NO2/c1-2-15(18)17-9-7-12-4-3-11-5-6-14-13(16(11)12)8-10-19-14/h5-6,12H,2-4,7-10H2,1H3,(H,17,18)/t12-/m1/s1. The third-order valence-electron chi connectivity index (χ3n) is 4.32. The van der Waals surface area contributed by atoms with Crippen molar-refractivity contribution in [2.75, 3.05) is 13.2 Å². The van der Waals surface area contributed by atoms with Crippen molar-refractivity contribution in [2.45, 2.75) is 44.9 Å². The number of nitrogens with one attached hydrogen (secondary N) is 1. The van der Waals surface area contributed by atoms with Gasteiger partial charge in [0.2, 0.25) is 5.91 Å². The van der Waals surface area contributed by atoms with Crippen molar-refractivity contribution >= 4 is 5.91 Å². The summed E-state index contributed by atoms with van der Waals surface area (Å²) in [6.45, 7) is 3.51. The van der Waals surface area contributed by atoms with Crippen molar-refractivity contribution in [3.05, 3.63) is 28.8 Å². The van der Waals surface area contributed by atoms with E-state index in [1.165, 1.54) is 29.5 Å². The number of ether oxygens (including phenoxy) is 1. The number of rotatable bonds is 4. The molecule has 1 heterocycles. The van der Waals surface area contributed by atoms with Crippen LogP contribution >= 0.6 is 0 Å². The molecule has 19 heavy (non-hydrogen) atoms. The van der Waals surface area contributed by atoms with E-state index in [0.29, 0.717) is 12.3 Å². The van der Waals surface area contributed by atoms with Gasteiger partial charge >= 0.3 is 0 Å². The van der Waals surface area contributed by atoms with Crippen LogP contribution in [0, 0.1) is 0 Å². The summed E-state index contributed by atoms with van der Waals surface area (Å²) in [4.78, 5) is 11.3. The fourth-order valence-electron chi connectivity index (χ4n) is 3.35. The van der Waals surface area contributed by atoms with Gasteiger partial charge in [-0.15, -0.1) is 0 Å². The lowest BCUT2D eigenvalue weighted by molar-refractivity contribution is -0.120. The van der Waals surface area contributed by atoms with Crippen LogP contribution in [0.15, 0.2) is 12.1 Å². The van der Waals surface area contributed by atoms with Crippen LogP contribution in [0.5, 0.6) is 5.75 Å². The lowest BCUT2D eigenvalue weighted by Crippen LogP contribution is -2.24. The van der Waals surface area contributed by atoms with E-state index in [4.69, 9.17) is 4.74 Å². The summed E-state index contributed by atoms with van der Waals surface area (Å²) in [5.74, 6) is 1.84. The van der Waals surface area contributed by atoms with E-state index in [0.717, 1.165) is 31.7 Å². The molecule has 1 aromatic rings. The average Bonchev–Trinajstić information content (AvgIpc) is 3.03. The number of hydrogen-bond donors (Lipinski definition) is 1. The molecule has 1 aliphatic heterocycles. The SMILES string of the molecule is CCC(=O)NCC[C@H]1CCc2ccc3c(c21)CCO3. The Labute approximate surface area is 114 Å². The number of carbonyl (C=O) groups is 1. The van der Waals surface area contributed by atoms with Crippen LogP contribution in [0.1, 0.15) is 48.8 Å². The van der Waals surface area contributed by atoms with Gasteiger partial charge in [-0.2, -0.15) is 0 Å². The molecule has 1 aliphatic carbocycles. The van der Waals surface area contributed by atoms with Gasteiger partial charge in [0.15, 0.2) is 0 Å². The number of amides is 1. The Balaban J connectivity index is 1.71. The Morgan fingerprint density at radius 1 is 1.42 bits per heavy atom. The minimum absolute atomic E-state index is 0.153. The summed E-state index contributed by atoms with van der Waals surface area (Å²) >= 11 is 0. The minimum atomic E-state index is 0.153. The predicted molar refractivity (Wildman–Crippen MR) is 74.6 cm³/mol. The zero-order valence-corrected chi connectivity index (χ0v) is 11.5. The number of benzene rings is 1. The van der Waals surface area contributed by atoms with Gasteiger partial charge in [0.05, 0.1) is 6.61 Å². The molecule has 3 nitrogen and oxygen atoms in total. The topological polar surface area (TPSA) is 38.3 Å². The molecule has 1 amide bonds. The molecule has 0 bridgehead atoms. The Morgan fingerprint density at radius 3 is 3.16 bits per heavy atom. The van der Waals surface area contributed by atoms with Crippen LogP contribution in [0.2, 0.25) is 0 Å². The summed E-state index contributed by atoms with van der Waals surface area (Å²) in [7, 11) is 0. The maximum Gasteiger partial charge on any atom is 0.219 e. The Morgan fingerprint density at radius 2 is 2.32 bits per heavy atom. The van der Waals surface area contributed by atoms with Crippen LogP contribution < -0.4 is 10.1 Å². The maximum absolute atomic E-state index is 11.3. The van der Waals surface area contributed by atoms with Gasteiger partial charge in [-0.05, 0) is 42.4 Å². The lowest BCUT2D eigenvalue weighted by Gasteiger charge is -2.15. The largest absolute Gasteiger partial charge is 0.493 e. The van der Waals surface area contributed by atoms with Gasteiger partial charge in [-0.1, -0.05) is 13.0 Å². The summed E-state index contributed by atoms with van der Waals surface area (Å²) < 4.78 is 5.66. The molecule has 0 aromatic heterocycles. The lowest BCUT2D eigenvalue weighted by atomic mass is 9.92. The molecule has 0 unspecified atom stereocenters. The van der Waals surface area contributed by atoms with Gasteiger partial charge < -0.3 is 10.1 Å². The van der Waals surface area contributed by atoms with Crippen molar-refractivity contribution in [3.63, 3.8) is 0 Å². The molecular weight excluding hydrogens is 238 g/mol. The summed E-state index contributed by atoms with van der Waals surface area (Å²) in [5, 5.41) is 2.99. The van der Waals surface area contributed by atoms with E-state index < -0.39 is 0 Å². The van der Waals surface area contributed by atoms with Gasteiger partial charge in [-0.3, -0.25) is 4.79 Å². The first-order valence-electron chi connectivity index (χ1n) is 7.33. The Hall–Kier alpha value is -1.51. The third kappa shape index (κ3) is 2.34. The van der Waals surface area contributed by atoms with Gasteiger partial charge in [0, 0.05) is 24.9 Å². The second-order valence-corrected chi connectivity index (χ2v) is 5.44. The van der Waals surface area contributed by atoms with Crippen LogP contribution in [0.25, 0.3) is 0 Å². The highest BCUT2D eigenvalue weighted by Crippen LogP contribution is 2.42. The van der Waals surface area contributed by atoms with E-state index >= 15 is 0 Å². The molecule has 1 aromatic carbocycles. The molecule has 1 atom stereocenters. The van der Waals surface area contributed by atoms with Crippen molar-refractivity contribution in [1.82, 2.24) is 5.32 Å². The van der Waals surface area contributed by atoms with Crippen molar-refractivity contribution < 1.29 is 9.53 Å². The number of aryl methyl sites for hydroxylation is 1. The molecule has 2 aliphatic rings. The van der Waals surface area contributed by atoms with E-state index in [-0.39, 0.29) is 5.91 Å². The quantitative estimate of drug-likeness (QED) is 0.902. The van der Waals surface area contributed by atoms with Crippen molar-refractivity contribution in [3.8, 4) is 5.75 Å². The monoisotopic (exact) mass is 259 g/mol. The first-order valence-corrected chi connectivity index (χ1v) is 7.33.